The number of thiocarbonyl (C=S) groups is 1. The molecule has 1 unspecified atom stereocenters. The molecule has 3 aliphatic rings. The second kappa shape index (κ2) is 9.36. The second-order valence-electron chi connectivity index (χ2n) is 8.19. The van der Waals surface area contributed by atoms with Crippen molar-refractivity contribution in [1.29, 1.82) is 5.26 Å². The average Bonchev–Trinajstić information content (AvgIpc) is 3.54. The lowest BCUT2D eigenvalue weighted by Gasteiger charge is -2.35. The Morgan fingerprint density at radius 2 is 1.85 bits per heavy atom. The molecule has 1 atom stereocenters. The van der Waals surface area contributed by atoms with Gasteiger partial charge in [-0.2, -0.15) is 9.57 Å². The van der Waals surface area contributed by atoms with E-state index in [1.54, 1.807) is 6.07 Å². The van der Waals surface area contributed by atoms with Crippen molar-refractivity contribution in [2.75, 3.05) is 54.8 Å². The Morgan fingerprint density at radius 1 is 1.21 bits per heavy atom. The minimum Gasteiger partial charge on any atom is -0.442 e. The van der Waals surface area contributed by atoms with E-state index in [-0.39, 0.29) is 44.1 Å². The lowest BCUT2D eigenvalue weighted by molar-refractivity contribution is 0.143. The van der Waals surface area contributed by atoms with E-state index in [1.165, 1.54) is 9.80 Å². The molecule has 3 fully saturated rings. The van der Waals surface area contributed by atoms with E-state index in [1.807, 2.05) is 0 Å². The Labute approximate surface area is 195 Å². The largest absolute Gasteiger partial charge is 0.442 e. The number of sulfonamides is 1. The van der Waals surface area contributed by atoms with Crippen LogP contribution in [0.1, 0.15) is 12.8 Å². The molecule has 4 rings (SSSR count). The molecule has 1 amide bonds. The number of benzene rings is 1. The van der Waals surface area contributed by atoms with E-state index >= 15 is 0 Å². The highest BCUT2D eigenvalue weighted by molar-refractivity contribution is 7.89. The summed E-state index contributed by atoms with van der Waals surface area (Å²) in [6.45, 7) is 0.629. The van der Waals surface area contributed by atoms with Crippen LogP contribution in [-0.4, -0.2) is 74.9 Å². The molecule has 13 heteroatoms. The molecule has 178 valence electrons. The van der Waals surface area contributed by atoms with Crippen molar-refractivity contribution in [3.63, 3.8) is 0 Å². The maximum atomic E-state index is 14.9. The Morgan fingerprint density at radius 3 is 2.42 bits per heavy atom. The molecule has 0 bridgehead atoms. The van der Waals surface area contributed by atoms with Crippen LogP contribution in [0.15, 0.2) is 12.1 Å². The molecule has 1 aromatic carbocycles. The number of hydrogen-bond donors (Lipinski definition) is 1. The van der Waals surface area contributed by atoms with Crippen molar-refractivity contribution in [3.05, 3.63) is 23.8 Å². The summed E-state index contributed by atoms with van der Waals surface area (Å²) in [5.41, 5.74) is -0.238. The Bertz CT molecular complexity index is 1080. The Balaban J connectivity index is 1.41. The molecule has 0 aromatic heterocycles. The van der Waals surface area contributed by atoms with Gasteiger partial charge in [-0.05, 0) is 12.8 Å². The fourth-order valence-corrected chi connectivity index (χ4v) is 5.30. The first kappa shape index (κ1) is 23.6. The van der Waals surface area contributed by atoms with Gasteiger partial charge >= 0.3 is 6.09 Å². The summed E-state index contributed by atoms with van der Waals surface area (Å²) in [4.78, 5) is 15.6. The van der Waals surface area contributed by atoms with Gasteiger partial charge in [-0.25, -0.2) is 22.0 Å². The summed E-state index contributed by atoms with van der Waals surface area (Å²) in [5.74, 6) is -1.97. The topological polar surface area (TPSA) is 106 Å². The number of nitrogens with zero attached hydrogens (tertiary/aromatic N) is 4. The number of amides is 1. The van der Waals surface area contributed by atoms with Gasteiger partial charge in [-0.1, -0.05) is 12.2 Å². The SMILES string of the molecule is N#CCS(=O)(=O)N1CCN(c2c(F)cc(N3CC(CNC(=S)C4CC4)OC3=O)cc2F)CC1. The smallest absolute Gasteiger partial charge is 0.414 e. The molecule has 1 saturated carbocycles. The van der Waals surface area contributed by atoms with Crippen molar-refractivity contribution in [2.45, 2.75) is 18.9 Å². The van der Waals surface area contributed by atoms with Gasteiger partial charge in [0, 0.05) is 44.2 Å². The molecular weight excluding hydrogens is 476 g/mol. The van der Waals surface area contributed by atoms with Crippen molar-refractivity contribution < 1.29 is 26.7 Å². The summed E-state index contributed by atoms with van der Waals surface area (Å²) in [5, 5.41) is 11.7. The molecule has 2 saturated heterocycles. The average molecular weight is 500 g/mol. The number of hydrogen-bond acceptors (Lipinski definition) is 7. The Hall–Kier alpha value is -2.56. The van der Waals surface area contributed by atoms with Crippen molar-refractivity contribution >= 4 is 44.7 Å². The fourth-order valence-electron chi connectivity index (χ4n) is 3.92. The molecule has 1 aromatic rings. The van der Waals surface area contributed by atoms with Crippen LogP contribution in [0.4, 0.5) is 25.0 Å². The van der Waals surface area contributed by atoms with E-state index in [2.05, 4.69) is 5.32 Å². The molecule has 0 spiro atoms. The minimum atomic E-state index is -3.71. The number of cyclic esters (lactones) is 1. The van der Waals surface area contributed by atoms with Crippen LogP contribution < -0.4 is 15.1 Å². The quantitative estimate of drug-likeness (QED) is 0.564. The summed E-state index contributed by atoms with van der Waals surface area (Å²) in [6.07, 6.45) is 0.918. The summed E-state index contributed by atoms with van der Waals surface area (Å²) in [6, 6.07) is 3.76. The third-order valence-electron chi connectivity index (χ3n) is 5.83. The second-order valence-corrected chi connectivity index (χ2v) is 10.6. The predicted molar refractivity (Wildman–Crippen MR) is 120 cm³/mol. The highest BCUT2D eigenvalue weighted by atomic mass is 32.2. The monoisotopic (exact) mass is 499 g/mol. The van der Waals surface area contributed by atoms with Gasteiger partial charge in [-0.15, -0.1) is 0 Å². The maximum Gasteiger partial charge on any atom is 0.414 e. The van der Waals surface area contributed by atoms with Crippen LogP contribution in [0.5, 0.6) is 0 Å². The third kappa shape index (κ3) is 5.18. The summed E-state index contributed by atoms with van der Waals surface area (Å²) >= 11 is 5.26. The van der Waals surface area contributed by atoms with Gasteiger partial charge in [0.1, 0.15) is 11.8 Å². The highest BCUT2D eigenvalue weighted by Crippen LogP contribution is 2.32. The van der Waals surface area contributed by atoms with Gasteiger partial charge < -0.3 is 15.0 Å². The number of piperazine rings is 1. The van der Waals surface area contributed by atoms with Gasteiger partial charge in [0.2, 0.25) is 10.0 Å². The molecule has 1 N–H and O–H groups in total. The van der Waals surface area contributed by atoms with Crippen molar-refractivity contribution in [3.8, 4) is 6.07 Å². The molecule has 33 heavy (non-hydrogen) atoms. The first-order chi connectivity index (χ1) is 15.7. The standard InChI is InChI=1S/C20H23F2N5O4S2/c21-16-9-14(27-12-15(31-20(27)28)11-24-19(32)13-1-2-13)10-17(22)18(16)25-4-6-26(7-5-25)33(29,30)8-3-23/h9-10,13,15H,1-2,4-8,11-12H2,(H,24,32). The van der Waals surface area contributed by atoms with E-state index in [4.69, 9.17) is 22.2 Å². The van der Waals surface area contributed by atoms with Crippen LogP contribution in [0, 0.1) is 28.9 Å². The molecule has 0 radical (unpaired) electrons. The maximum absolute atomic E-state index is 14.9. The number of halogens is 2. The normalized spacial score (nSPS) is 21.6. The van der Waals surface area contributed by atoms with Gasteiger partial charge in [0.05, 0.1) is 29.8 Å². The lowest BCUT2D eigenvalue weighted by Crippen LogP contribution is -2.49. The first-order valence-electron chi connectivity index (χ1n) is 10.5. The number of ether oxygens (including phenoxy) is 1. The number of carbonyl (C=O) groups excluding carboxylic acids is 1. The summed E-state index contributed by atoms with van der Waals surface area (Å²) in [7, 11) is -3.71. The Kier molecular flexibility index (Phi) is 6.69. The van der Waals surface area contributed by atoms with Crippen LogP contribution in [-0.2, 0) is 14.8 Å². The first-order valence-corrected chi connectivity index (χ1v) is 12.6. The molecule has 9 nitrogen and oxygen atoms in total. The van der Waals surface area contributed by atoms with E-state index in [0.717, 1.165) is 34.3 Å². The minimum absolute atomic E-state index is 0.0144. The molecule has 2 heterocycles. The zero-order valence-electron chi connectivity index (χ0n) is 17.7. The number of carbonyl (C=O) groups is 1. The van der Waals surface area contributed by atoms with Crippen LogP contribution in [0.25, 0.3) is 0 Å². The number of rotatable bonds is 7. The van der Waals surface area contributed by atoms with Crippen molar-refractivity contribution in [1.82, 2.24) is 9.62 Å². The molecule has 2 aliphatic heterocycles. The van der Waals surface area contributed by atoms with E-state index in [0.29, 0.717) is 12.5 Å². The summed E-state index contributed by atoms with van der Waals surface area (Å²) < 4.78 is 60.3. The van der Waals surface area contributed by atoms with Gasteiger partial charge in [0.25, 0.3) is 0 Å². The van der Waals surface area contributed by atoms with Gasteiger partial charge in [-0.3, -0.25) is 4.90 Å². The molecular formula is C20H23F2N5O4S2. The fraction of sp³-hybridized carbons (Fsp3) is 0.550. The van der Waals surface area contributed by atoms with Crippen molar-refractivity contribution in [2.24, 2.45) is 5.92 Å². The zero-order valence-corrected chi connectivity index (χ0v) is 19.3. The van der Waals surface area contributed by atoms with Crippen LogP contribution in [0.2, 0.25) is 0 Å². The van der Waals surface area contributed by atoms with Crippen LogP contribution in [0.3, 0.4) is 0 Å². The lowest BCUT2D eigenvalue weighted by atomic mass is 10.2. The highest BCUT2D eigenvalue weighted by Gasteiger charge is 2.35. The third-order valence-corrected chi connectivity index (χ3v) is 7.96. The number of nitrogens with one attached hydrogen (secondary N) is 1. The van der Waals surface area contributed by atoms with Crippen LogP contribution >= 0.6 is 12.2 Å². The van der Waals surface area contributed by atoms with E-state index < -0.39 is 39.6 Å². The van der Waals surface area contributed by atoms with Gasteiger partial charge in [0.15, 0.2) is 17.4 Å². The zero-order chi connectivity index (χ0) is 23.8. The van der Waals surface area contributed by atoms with E-state index in [9.17, 15) is 22.0 Å². The molecule has 1 aliphatic carbocycles. The predicted octanol–water partition coefficient (Wildman–Crippen LogP) is 1.59. The number of anilines is 2. The number of nitriles is 1.